The van der Waals surface area contributed by atoms with Crippen LogP contribution in [0.15, 0.2) is 18.2 Å². The summed E-state index contributed by atoms with van der Waals surface area (Å²) in [5.74, 6) is 0.451. The number of hydrogen-bond acceptors (Lipinski definition) is 6. The van der Waals surface area contributed by atoms with Crippen molar-refractivity contribution < 1.29 is 18.1 Å². The molecule has 20 heavy (non-hydrogen) atoms. The number of ether oxygens (including phenoxy) is 1. The summed E-state index contributed by atoms with van der Waals surface area (Å²) in [5, 5.41) is 13.9. The maximum Gasteiger partial charge on any atom is 0.311 e. The number of benzene rings is 1. The smallest absolute Gasteiger partial charge is 0.311 e. The molecule has 0 radical (unpaired) electrons. The molecular formula is C12H16N2O5S. The molecule has 8 heteroatoms. The van der Waals surface area contributed by atoms with E-state index in [9.17, 15) is 18.5 Å². The average Bonchev–Trinajstić information content (AvgIpc) is 2.69. The van der Waals surface area contributed by atoms with Crippen LogP contribution in [0.1, 0.15) is 13.3 Å². The van der Waals surface area contributed by atoms with Crippen molar-refractivity contribution in [3.63, 3.8) is 0 Å². The van der Waals surface area contributed by atoms with E-state index in [1.807, 2.05) is 0 Å². The lowest BCUT2D eigenvalue weighted by Gasteiger charge is -2.13. The predicted octanol–water partition coefficient (Wildman–Crippen LogP) is 1.59. The molecule has 1 N–H and O–H groups in total. The van der Waals surface area contributed by atoms with Gasteiger partial charge in [-0.25, -0.2) is 8.42 Å². The highest BCUT2D eigenvalue weighted by atomic mass is 32.2. The number of rotatable bonds is 5. The molecule has 1 aromatic carbocycles. The lowest BCUT2D eigenvalue weighted by Crippen LogP contribution is -2.20. The average molecular weight is 300 g/mol. The fraction of sp³-hybridized carbons (Fsp3) is 0.500. The van der Waals surface area contributed by atoms with Crippen molar-refractivity contribution in [3.05, 3.63) is 28.3 Å². The Bertz CT molecular complexity index is 614. The quantitative estimate of drug-likeness (QED) is 0.655. The van der Waals surface area contributed by atoms with E-state index >= 15 is 0 Å². The molecule has 1 aliphatic heterocycles. The van der Waals surface area contributed by atoms with Gasteiger partial charge in [0.2, 0.25) is 0 Å². The number of nitro groups is 1. The van der Waals surface area contributed by atoms with Gasteiger partial charge >= 0.3 is 5.69 Å². The largest absolute Gasteiger partial charge is 0.487 e. The van der Waals surface area contributed by atoms with Crippen LogP contribution < -0.4 is 10.1 Å². The van der Waals surface area contributed by atoms with Crippen LogP contribution in [0.3, 0.4) is 0 Å². The van der Waals surface area contributed by atoms with Gasteiger partial charge in [0.15, 0.2) is 15.6 Å². The number of nitrogens with one attached hydrogen (secondary N) is 1. The van der Waals surface area contributed by atoms with E-state index in [2.05, 4.69) is 5.32 Å². The van der Waals surface area contributed by atoms with Gasteiger partial charge in [-0.1, -0.05) is 0 Å². The Labute approximate surface area is 117 Å². The molecule has 0 spiro atoms. The molecule has 0 amide bonds. The Balaban J connectivity index is 2.17. The molecule has 1 heterocycles. The van der Waals surface area contributed by atoms with Crippen molar-refractivity contribution >= 4 is 21.2 Å². The number of sulfone groups is 1. The summed E-state index contributed by atoms with van der Waals surface area (Å²) in [6, 6.07) is 4.30. The van der Waals surface area contributed by atoms with Gasteiger partial charge in [0, 0.05) is 23.9 Å². The Hall–Kier alpha value is -1.83. The molecule has 0 aliphatic carbocycles. The highest BCUT2D eigenvalue weighted by molar-refractivity contribution is 7.91. The molecule has 1 unspecified atom stereocenters. The van der Waals surface area contributed by atoms with Crippen molar-refractivity contribution in [3.8, 4) is 5.75 Å². The predicted molar refractivity (Wildman–Crippen MR) is 74.9 cm³/mol. The first-order valence-corrected chi connectivity index (χ1v) is 8.11. The minimum absolute atomic E-state index is 0.0912. The highest BCUT2D eigenvalue weighted by Gasteiger charge is 2.28. The number of hydrogen-bond donors (Lipinski definition) is 1. The minimum atomic E-state index is -2.96. The molecule has 1 aliphatic rings. The SMILES string of the molecule is CCOc1cc(NC2CCS(=O)(=O)C2)ccc1[N+](=O)[O-]. The van der Waals surface area contributed by atoms with Gasteiger partial charge in [-0.2, -0.15) is 0 Å². The Morgan fingerprint density at radius 1 is 1.50 bits per heavy atom. The number of nitro benzene ring substituents is 1. The van der Waals surface area contributed by atoms with Crippen LogP contribution in [0.4, 0.5) is 11.4 Å². The van der Waals surface area contributed by atoms with E-state index in [1.165, 1.54) is 12.1 Å². The third-order valence-corrected chi connectivity index (χ3v) is 4.83. The maximum absolute atomic E-state index is 11.4. The maximum atomic E-state index is 11.4. The lowest BCUT2D eigenvalue weighted by molar-refractivity contribution is -0.385. The van der Waals surface area contributed by atoms with Crippen LogP contribution in [-0.4, -0.2) is 37.5 Å². The fourth-order valence-electron chi connectivity index (χ4n) is 2.17. The first-order chi connectivity index (χ1) is 9.41. The van der Waals surface area contributed by atoms with E-state index in [0.29, 0.717) is 18.7 Å². The van der Waals surface area contributed by atoms with Gasteiger partial charge in [0.1, 0.15) is 0 Å². The zero-order chi connectivity index (χ0) is 14.8. The highest BCUT2D eigenvalue weighted by Crippen LogP contribution is 2.31. The Morgan fingerprint density at radius 2 is 2.25 bits per heavy atom. The zero-order valence-corrected chi connectivity index (χ0v) is 11.9. The zero-order valence-electron chi connectivity index (χ0n) is 11.0. The Kier molecular flexibility index (Phi) is 4.12. The van der Waals surface area contributed by atoms with Gasteiger partial charge in [-0.05, 0) is 19.4 Å². The van der Waals surface area contributed by atoms with Crippen LogP contribution in [-0.2, 0) is 9.84 Å². The Morgan fingerprint density at radius 3 is 2.80 bits per heavy atom. The van der Waals surface area contributed by atoms with E-state index in [4.69, 9.17) is 4.74 Å². The van der Waals surface area contributed by atoms with Crippen LogP contribution in [0, 0.1) is 10.1 Å². The molecule has 2 rings (SSSR count). The van der Waals surface area contributed by atoms with Crippen molar-refractivity contribution in [1.29, 1.82) is 0 Å². The van der Waals surface area contributed by atoms with Crippen molar-refractivity contribution in [2.75, 3.05) is 23.4 Å². The normalized spacial score (nSPS) is 20.6. The molecule has 110 valence electrons. The van der Waals surface area contributed by atoms with Crippen molar-refractivity contribution in [2.24, 2.45) is 0 Å². The fourth-order valence-corrected chi connectivity index (χ4v) is 3.84. The molecular weight excluding hydrogens is 284 g/mol. The second-order valence-electron chi connectivity index (χ2n) is 4.62. The molecule has 0 saturated carbocycles. The van der Waals surface area contributed by atoms with E-state index in [-0.39, 0.29) is 29.0 Å². The van der Waals surface area contributed by atoms with Gasteiger partial charge < -0.3 is 10.1 Å². The van der Waals surface area contributed by atoms with Crippen LogP contribution in [0.2, 0.25) is 0 Å². The molecule has 1 saturated heterocycles. The van der Waals surface area contributed by atoms with Gasteiger partial charge in [0.05, 0.1) is 23.0 Å². The third kappa shape index (κ3) is 3.38. The molecule has 1 atom stereocenters. The molecule has 1 fully saturated rings. The monoisotopic (exact) mass is 300 g/mol. The summed E-state index contributed by atoms with van der Waals surface area (Å²) < 4.78 is 28.0. The standard InChI is InChI=1S/C12H16N2O5S/c1-2-19-12-7-9(3-4-11(12)14(15)16)13-10-5-6-20(17,18)8-10/h3-4,7,10,13H,2,5-6,8H2,1H3. The van der Waals surface area contributed by atoms with Gasteiger partial charge in [-0.3, -0.25) is 10.1 Å². The molecule has 1 aromatic rings. The lowest BCUT2D eigenvalue weighted by atomic mass is 10.2. The summed E-state index contributed by atoms with van der Waals surface area (Å²) in [6.45, 7) is 2.06. The van der Waals surface area contributed by atoms with E-state index < -0.39 is 14.8 Å². The summed E-state index contributed by atoms with van der Waals surface area (Å²) in [4.78, 5) is 10.4. The van der Waals surface area contributed by atoms with Crippen LogP contribution in [0.5, 0.6) is 5.75 Å². The molecule has 0 aromatic heterocycles. The van der Waals surface area contributed by atoms with Gasteiger partial charge in [0.25, 0.3) is 0 Å². The van der Waals surface area contributed by atoms with Crippen LogP contribution >= 0.6 is 0 Å². The molecule has 0 bridgehead atoms. The number of anilines is 1. The first-order valence-electron chi connectivity index (χ1n) is 6.29. The minimum Gasteiger partial charge on any atom is -0.487 e. The molecule has 7 nitrogen and oxygen atoms in total. The van der Waals surface area contributed by atoms with E-state index in [0.717, 1.165) is 0 Å². The second-order valence-corrected chi connectivity index (χ2v) is 6.85. The van der Waals surface area contributed by atoms with Crippen molar-refractivity contribution in [1.82, 2.24) is 0 Å². The van der Waals surface area contributed by atoms with Gasteiger partial charge in [-0.15, -0.1) is 0 Å². The second kappa shape index (κ2) is 5.66. The van der Waals surface area contributed by atoms with Crippen molar-refractivity contribution in [2.45, 2.75) is 19.4 Å². The summed E-state index contributed by atoms with van der Waals surface area (Å²) in [7, 11) is -2.96. The first kappa shape index (κ1) is 14.6. The van der Waals surface area contributed by atoms with E-state index in [1.54, 1.807) is 13.0 Å². The third-order valence-electron chi connectivity index (χ3n) is 3.06. The summed E-state index contributed by atoms with van der Waals surface area (Å²) in [6.07, 6.45) is 0.545. The summed E-state index contributed by atoms with van der Waals surface area (Å²) >= 11 is 0. The van der Waals surface area contributed by atoms with Crippen LogP contribution in [0.25, 0.3) is 0 Å². The summed E-state index contributed by atoms with van der Waals surface area (Å²) in [5.41, 5.74) is 0.526. The topological polar surface area (TPSA) is 98.5 Å². The number of nitrogens with zero attached hydrogens (tertiary/aromatic N) is 1.